The van der Waals surface area contributed by atoms with Crippen molar-refractivity contribution >= 4 is 17.5 Å². The molecule has 1 aliphatic rings. The van der Waals surface area contributed by atoms with Crippen LogP contribution in [0.1, 0.15) is 5.56 Å². The van der Waals surface area contributed by atoms with Crippen molar-refractivity contribution < 1.29 is 24.1 Å². The number of carbonyl (C=O) groups excluding carboxylic acids is 1. The zero-order chi connectivity index (χ0) is 15.2. The van der Waals surface area contributed by atoms with Crippen molar-refractivity contribution in [2.24, 2.45) is 0 Å². The summed E-state index contributed by atoms with van der Waals surface area (Å²) in [4.78, 5) is 13.7. The van der Waals surface area contributed by atoms with Crippen LogP contribution < -0.4 is 9.47 Å². The highest BCUT2D eigenvalue weighted by Gasteiger charge is 2.19. The smallest absolute Gasteiger partial charge is 0.260 e. The molecule has 0 spiro atoms. The topological polar surface area (TPSA) is 68.2 Å². The van der Waals surface area contributed by atoms with Crippen molar-refractivity contribution in [1.29, 1.82) is 0 Å². The van der Waals surface area contributed by atoms with Gasteiger partial charge in [-0.3, -0.25) is 4.79 Å². The van der Waals surface area contributed by atoms with E-state index in [1.165, 1.54) is 7.11 Å². The van der Waals surface area contributed by atoms with Crippen LogP contribution in [0.5, 0.6) is 11.5 Å². The third-order valence-corrected chi connectivity index (χ3v) is 3.41. The highest BCUT2D eigenvalue weighted by molar-refractivity contribution is 6.30. The van der Waals surface area contributed by atoms with Crippen molar-refractivity contribution in [1.82, 2.24) is 4.90 Å². The molecule has 21 heavy (non-hydrogen) atoms. The van der Waals surface area contributed by atoms with Gasteiger partial charge in [0.1, 0.15) is 0 Å². The van der Waals surface area contributed by atoms with E-state index in [0.29, 0.717) is 48.4 Å². The van der Waals surface area contributed by atoms with Gasteiger partial charge in [-0.1, -0.05) is 11.6 Å². The molecule has 0 bridgehead atoms. The van der Waals surface area contributed by atoms with Gasteiger partial charge in [0.2, 0.25) is 0 Å². The predicted molar refractivity (Wildman–Crippen MR) is 76.8 cm³/mol. The van der Waals surface area contributed by atoms with E-state index in [9.17, 15) is 9.90 Å². The Bertz CT molecular complexity index is 477. The number of methoxy groups -OCH3 is 1. The van der Waals surface area contributed by atoms with E-state index < -0.39 is 0 Å². The number of aliphatic hydroxyl groups excluding tert-OH is 1. The summed E-state index contributed by atoms with van der Waals surface area (Å²) >= 11 is 5.93. The quantitative estimate of drug-likeness (QED) is 0.880. The van der Waals surface area contributed by atoms with E-state index in [1.54, 1.807) is 17.0 Å². The molecule has 1 heterocycles. The third kappa shape index (κ3) is 4.00. The molecule has 1 saturated heterocycles. The summed E-state index contributed by atoms with van der Waals surface area (Å²) in [5, 5.41) is 9.80. The second-order valence-electron chi connectivity index (χ2n) is 4.54. The van der Waals surface area contributed by atoms with E-state index in [1.807, 2.05) is 0 Å². The van der Waals surface area contributed by atoms with E-state index >= 15 is 0 Å². The Balaban J connectivity index is 2.06. The molecule has 0 saturated carbocycles. The van der Waals surface area contributed by atoms with E-state index in [-0.39, 0.29) is 19.1 Å². The van der Waals surface area contributed by atoms with Crippen LogP contribution in [0.4, 0.5) is 0 Å². The molecule has 1 aromatic rings. The molecule has 1 aliphatic heterocycles. The fourth-order valence-corrected chi connectivity index (χ4v) is 2.32. The Hall–Kier alpha value is -1.50. The number of rotatable bonds is 5. The van der Waals surface area contributed by atoms with Crippen LogP contribution in [-0.4, -0.2) is 55.9 Å². The fourth-order valence-electron chi connectivity index (χ4n) is 2.09. The van der Waals surface area contributed by atoms with Crippen LogP contribution in [0.15, 0.2) is 12.1 Å². The molecule has 116 valence electrons. The molecule has 0 atom stereocenters. The van der Waals surface area contributed by atoms with Gasteiger partial charge in [-0.05, 0) is 6.07 Å². The van der Waals surface area contributed by atoms with Gasteiger partial charge < -0.3 is 24.2 Å². The van der Waals surface area contributed by atoms with E-state index in [0.717, 1.165) is 0 Å². The molecule has 0 radical (unpaired) electrons. The first kappa shape index (κ1) is 15.9. The van der Waals surface area contributed by atoms with E-state index in [2.05, 4.69) is 0 Å². The molecular formula is C14H18ClNO5. The molecule has 0 unspecified atom stereocenters. The number of amides is 1. The van der Waals surface area contributed by atoms with Gasteiger partial charge in [0.05, 0.1) is 26.9 Å². The van der Waals surface area contributed by atoms with Gasteiger partial charge in [-0.2, -0.15) is 0 Å². The normalized spacial score (nSPS) is 14.9. The number of hydrogen-bond donors (Lipinski definition) is 1. The molecule has 1 N–H and O–H groups in total. The first-order chi connectivity index (χ1) is 10.2. The molecule has 1 aromatic carbocycles. The van der Waals surface area contributed by atoms with Gasteiger partial charge in [0.25, 0.3) is 5.91 Å². The second-order valence-corrected chi connectivity index (χ2v) is 4.97. The van der Waals surface area contributed by atoms with E-state index in [4.69, 9.17) is 25.8 Å². The van der Waals surface area contributed by atoms with Crippen LogP contribution in [0, 0.1) is 0 Å². The Kier molecular flexibility index (Phi) is 5.67. The fraction of sp³-hybridized carbons (Fsp3) is 0.500. The Morgan fingerprint density at radius 1 is 1.43 bits per heavy atom. The van der Waals surface area contributed by atoms with Crippen LogP contribution >= 0.6 is 11.6 Å². The molecule has 2 rings (SSSR count). The number of carbonyl (C=O) groups is 1. The summed E-state index contributed by atoms with van der Waals surface area (Å²) in [5.74, 6) is 0.603. The number of aliphatic hydroxyl groups is 1. The number of nitrogens with zero attached hydrogens (tertiary/aromatic N) is 1. The minimum absolute atomic E-state index is 0.120. The summed E-state index contributed by atoms with van der Waals surface area (Å²) in [6.07, 6.45) is 0. The molecule has 1 amide bonds. The van der Waals surface area contributed by atoms with Crippen molar-refractivity contribution in [3.05, 3.63) is 22.7 Å². The lowest BCUT2D eigenvalue weighted by Gasteiger charge is -2.27. The number of ether oxygens (including phenoxy) is 3. The number of benzene rings is 1. The first-order valence-corrected chi connectivity index (χ1v) is 6.99. The van der Waals surface area contributed by atoms with Gasteiger partial charge in [0, 0.05) is 29.7 Å². The largest absolute Gasteiger partial charge is 0.493 e. The predicted octanol–water partition coefficient (Wildman–Crippen LogP) is 1.08. The van der Waals surface area contributed by atoms with Gasteiger partial charge in [0.15, 0.2) is 18.1 Å². The van der Waals surface area contributed by atoms with Crippen LogP contribution in [0.25, 0.3) is 0 Å². The Morgan fingerprint density at radius 3 is 2.76 bits per heavy atom. The Morgan fingerprint density at radius 2 is 2.14 bits per heavy atom. The highest BCUT2D eigenvalue weighted by Crippen LogP contribution is 2.34. The van der Waals surface area contributed by atoms with Gasteiger partial charge in [-0.15, -0.1) is 0 Å². The summed E-state index contributed by atoms with van der Waals surface area (Å²) in [6.45, 7) is 1.83. The number of halogens is 1. The van der Waals surface area contributed by atoms with Crippen LogP contribution in [0.2, 0.25) is 5.02 Å². The lowest BCUT2D eigenvalue weighted by molar-refractivity contribution is -0.137. The average molecular weight is 316 g/mol. The minimum Gasteiger partial charge on any atom is -0.493 e. The van der Waals surface area contributed by atoms with Gasteiger partial charge >= 0.3 is 0 Å². The zero-order valence-corrected chi connectivity index (χ0v) is 12.6. The minimum atomic E-state index is -0.252. The van der Waals surface area contributed by atoms with Crippen molar-refractivity contribution in [3.8, 4) is 11.5 Å². The number of morpholine rings is 1. The monoisotopic (exact) mass is 315 g/mol. The lowest BCUT2D eigenvalue weighted by Crippen LogP contribution is -2.43. The second kappa shape index (κ2) is 7.49. The van der Waals surface area contributed by atoms with Crippen LogP contribution in [-0.2, 0) is 16.1 Å². The summed E-state index contributed by atoms with van der Waals surface area (Å²) in [6, 6.07) is 3.16. The highest BCUT2D eigenvalue weighted by atomic mass is 35.5. The SMILES string of the molecule is COc1cc(Cl)cc(CO)c1OCC(=O)N1CCOCC1. The zero-order valence-electron chi connectivity index (χ0n) is 11.8. The summed E-state index contributed by atoms with van der Waals surface area (Å²) in [5.41, 5.74) is 0.481. The molecule has 6 nitrogen and oxygen atoms in total. The maximum atomic E-state index is 12.1. The lowest BCUT2D eigenvalue weighted by atomic mass is 10.2. The maximum absolute atomic E-state index is 12.1. The molecule has 7 heteroatoms. The van der Waals surface area contributed by atoms with Crippen LogP contribution in [0.3, 0.4) is 0 Å². The standard InChI is InChI=1S/C14H18ClNO5/c1-19-12-7-11(15)6-10(8-17)14(12)21-9-13(18)16-2-4-20-5-3-16/h6-7,17H,2-5,8-9H2,1H3. The summed E-state index contributed by atoms with van der Waals surface area (Å²) in [7, 11) is 1.48. The molecule has 0 aliphatic carbocycles. The van der Waals surface area contributed by atoms with Gasteiger partial charge in [-0.25, -0.2) is 0 Å². The van der Waals surface area contributed by atoms with Crippen molar-refractivity contribution in [2.75, 3.05) is 40.0 Å². The summed E-state index contributed by atoms with van der Waals surface area (Å²) < 4.78 is 15.9. The third-order valence-electron chi connectivity index (χ3n) is 3.19. The molecule has 1 fully saturated rings. The van der Waals surface area contributed by atoms with Crippen molar-refractivity contribution in [3.63, 3.8) is 0 Å². The maximum Gasteiger partial charge on any atom is 0.260 e. The Labute approximate surface area is 128 Å². The molecule has 0 aromatic heterocycles. The number of hydrogen-bond acceptors (Lipinski definition) is 5. The van der Waals surface area contributed by atoms with Crippen molar-refractivity contribution in [2.45, 2.75) is 6.61 Å². The molecular weight excluding hydrogens is 298 g/mol. The average Bonchev–Trinajstić information content (AvgIpc) is 2.53. The first-order valence-electron chi connectivity index (χ1n) is 6.61.